The van der Waals surface area contributed by atoms with Crippen LogP contribution in [-0.4, -0.2) is 25.8 Å². The third-order valence-corrected chi connectivity index (χ3v) is 2.31. The second-order valence-corrected chi connectivity index (χ2v) is 3.68. The van der Waals surface area contributed by atoms with Gasteiger partial charge in [0.25, 0.3) is 5.56 Å². The summed E-state index contributed by atoms with van der Waals surface area (Å²) in [5, 5.41) is 12.2. The molecule has 0 unspecified atom stereocenters. The summed E-state index contributed by atoms with van der Waals surface area (Å²) in [5.74, 6) is -1.57. The van der Waals surface area contributed by atoms with E-state index in [1.54, 1.807) is 0 Å². The Hall–Kier alpha value is -2.71. The standard InChI is InChI=1S/C11H6F3N3O3/c12-11(13,14)6-1-3-8(15-5-6)17-9(18)4-2-7(16-17)10(19)20/h1-5H,(H,19,20). The van der Waals surface area contributed by atoms with Crippen LogP contribution in [0.1, 0.15) is 16.1 Å². The Balaban J connectivity index is 2.49. The minimum atomic E-state index is -4.55. The minimum Gasteiger partial charge on any atom is -0.476 e. The SMILES string of the molecule is O=C(O)c1ccc(=O)n(-c2ccc(C(F)(F)F)cn2)n1. The van der Waals surface area contributed by atoms with Gasteiger partial charge in [0, 0.05) is 12.3 Å². The third kappa shape index (κ3) is 2.66. The number of carbonyl (C=O) groups is 1. The fourth-order valence-electron chi connectivity index (χ4n) is 1.37. The molecule has 0 aliphatic heterocycles. The first-order valence-electron chi connectivity index (χ1n) is 5.16. The maximum Gasteiger partial charge on any atom is 0.417 e. The Bertz CT molecular complexity index is 707. The van der Waals surface area contributed by atoms with Crippen molar-refractivity contribution < 1.29 is 23.1 Å². The summed E-state index contributed by atoms with van der Waals surface area (Å²) in [6.07, 6.45) is -4.01. The van der Waals surface area contributed by atoms with Crippen LogP contribution in [0.25, 0.3) is 5.82 Å². The molecule has 9 heteroatoms. The van der Waals surface area contributed by atoms with Crippen LogP contribution >= 0.6 is 0 Å². The summed E-state index contributed by atoms with van der Waals surface area (Å²) in [7, 11) is 0. The van der Waals surface area contributed by atoms with Crippen molar-refractivity contribution in [2.45, 2.75) is 6.18 Å². The average molecular weight is 285 g/mol. The van der Waals surface area contributed by atoms with Crippen molar-refractivity contribution in [1.29, 1.82) is 0 Å². The van der Waals surface area contributed by atoms with Crippen molar-refractivity contribution in [3.63, 3.8) is 0 Å². The molecule has 2 rings (SSSR count). The number of carboxylic acid groups (broad SMARTS) is 1. The van der Waals surface area contributed by atoms with Gasteiger partial charge < -0.3 is 5.11 Å². The summed E-state index contributed by atoms with van der Waals surface area (Å²) in [6, 6.07) is 3.59. The number of aromatic nitrogens is 3. The van der Waals surface area contributed by atoms with E-state index < -0.39 is 29.0 Å². The van der Waals surface area contributed by atoms with Gasteiger partial charge in [-0.25, -0.2) is 9.78 Å². The summed E-state index contributed by atoms with van der Waals surface area (Å²) in [5.41, 5.74) is -2.11. The van der Waals surface area contributed by atoms with Crippen LogP contribution < -0.4 is 5.56 Å². The lowest BCUT2D eigenvalue weighted by atomic mass is 10.3. The van der Waals surface area contributed by atoms with Crippen molar-refractivity contribution in [2.24, 2.45) is 0 Å². The molecule has 1 N–H and O–H groups in total. The summed E-state index contributed by atoms with van der Waals surface area (Å²) >= 11 is 0. The van der Waals surface area contributed by atoms with Gasteiger partial charge in [0.15, 0.2) is 11.5 Å². The van der Waals surface area contributed by atoms with Crippen LogP contribution in [0, 0.1) is 0 Å². The first kappa shape index (κ1) is 13.7. The van der Waals surface area contributed by atoms with E-state index in [2.05, 4.69) is 10.1 Å². The third-order valence-electron chi connectivity index (χ3n) is 2.31. The zero-order valence-electron chi connectivity index (χ0n) is 9.63. The van der Waals surface area contributed by atoms with Crippen LogP contribution in [0.15, 0.2) is 35.3 Å². The monoisotopic (exact) mass is 285 g/mol. The maximum absolute atomic E-state index is 12.4. The van der Waals surface area contributed by atoms with Gasteiger partial charge in [0.1, 0.15) is 0 Å². The number of alkyl halides is 3. The van der Waals surface area contributed by atoms with E-state index in [9.17, 15) is 22.8 Å². The molecule has 20 heavy (non-hydrogen) atoms. The lowest BCUT2D eigenvalue weighted by molar-refractivity contribution is -0.137. The molecule has 0 aliphatic carbocycles. The molecule has 0 atom stereocenters. The van der Waals surface area contributed by atoms with E-state index in [-0.39, 0.29) is 5.82 Å². The quantitative estimate of drug-likeness (QED) is 0.900. The van der Waals surface area contributed by atoms with Crippen molar-refractivity contribution in [3.8, 4) is 5.82 Å². The number of hydrogen-bond acceptors (Lipinski definition) is 4. The highest BCUT2D eigenvalue weighted by Crippen LogP contribution is 2.28. The predicted molar refractivity (Wildman–Crippen MR) is 59.6 cm³/mol. The summed E-state index contributed by atoms with van der Waals surface area (Å²) in [6.45, 7) is 0. The van der Waals surface area contributed by atoms with Gasteiger partial charge in [0.2, 0.25) is 0 Å². The number of rotatable bonds is 2. The highest BCUT2D eigenvalue weighted by molar-refractivity contribution is 5.84. The van der Waals surface area contributed by atoms with Crippen LogP contribution in [0.3, 0.4) is 0 Å². The minimum absolute atomic E-state index is 0.203. The molecule has 0 radical (unpaired) electrons. The Labute approximate surface area is 109 Å². The smallest absolute Gasteiger partial charge is 0.417 e. The molecule has 0 spiro atoms. The molecule has 0 aliphatic rings. The molecule has 0 saturated heterocycles. The number of pyridine rings is 1. The summed E-state index contributed by atoms with van der Waals surface area (Å²) < 4.78 is 37.7. The normalized spacial score (nSPS) is 11.3. The Morgan fingerprint density at radius 2 is 1.90 bits per heavy atom. The molecular formula is C11H6F3N3O3. The molecule has 0 bridgehead atoms. The topological polar surface area (TPSA) is 85.1 Å². The fraction of sp³-hybridized carbons (Fsp3) is 0.0909. The Morgan fingerprint density at radius 1 is 1.20 bits per heavy atom. The van der Waals surface area contributed by atoms with E-state index in [4.69, 9.17) is 5.11 Å². The summed E-state index contributed by atoms with van der Waals surface area (Å²) in [4.78, 5) is 25.7. The van der Waals surface area contributed by atoms with Crippen LogP contribution in [0.2, 0.25) is 0 Å². The molecule has 0 amide bonds. The number of aromatic carboxylic acids is 1. The van der Waals surface area contributed by atoms with E-state index in [1.165, 1.54) is 0 Å². The van der Waals surface area contributed by atoms with Gasteiger partial charge in [-0.3, -0.25) is 4.79 Å². The zero-order chi connectivity index (χ0) is 14.9. The van der Waals surface area contributed by atoms with Gasteiger partial charge >= 0.3 is 12.1 Å². The van der Waals surface area contributed by atoms with Crippen LogP contribution in [0.5, 0.6) is 0 Å². The molecular weight excluding hydrogens is 279 g/mol. The van der Waals surface area contributed by atoms with Gasteiger partial charge in [-0.1, -0.05) is 0 Å². The van der Waals surface area contributed by atoms with Gasteiger partial charge in [0.05, 0.1) is 5.56 Å². The van der Waals surface area contributed by atoms with Gasteiger partial charge in [-0.05, 0) is 18.2 Å². The maximum atomic E-state index is 12.4. The second kappa shape index (κ2) is 4.76. The van der Waals surface area contributed by atoms with Crippen LogP contribution in [0.4, 0.5) is 13.2 Å². The first-order chi connectivity index (χ1) is 9.29. The molecule has 0 fully saturated rings. The van der Waals surface area contributed by atoms with E-state index >= 15 is 0 Å². The second-order valence-electron chi connectivity index (χ2n) is 3.68. The number of halogens is 3. The lowest BCUT2D eigenvalue weighted by Gasteiger charge is -2.07. The highest BCUT2D eigenvalue weighted by atomic mass is 19.4. The molecule has 0 aromatic carbocycles. The van der Waals surface area contributed by atoms with E-state index in [0.29, 0.717) is 10.9 Å². The Kier molecular flexibility index (Phi) is 3.26. The van der Waals surface area contributed by atoms with Crippen molar-refractivity contribution in [1.82, 2.24) is 14.8 Å². The Morgan fingerprint density at radius 3 is 2.40 bits per heavy atom. The van der Waals surface area contributed by atoms with E-state index in [0.717, 1.165) is 24.3 Å². The zero-order valence-corrected chi connectivity index (χ0v) is 9.63. The average Bonchev–Trinajstić information content (AvgIpc) is 2.38. The van der Waals surface area contributed by atoms with Crippen LogP contribution in [-0.2, 0) is 6.18 Å². The van der Waals surface area contributed by atoms with Crippen molar-refractivity contribution >= 4 is 5.97 Å². The molecule has 104 valence electrons. The molecule has 6 nitrogen and oxygen atoms in total. The fourth-order valence-corrected chi connectivity index (χ4v) is 1.37. The molecule has 2 aromatic rings. The van der Waals surface area contributed by atoms with Crippen molar-refractivity contribution in [2.75, 3.05) is 0 Å². The van der Waals surface area contributed by atoms with E-state index in [1.807, 2.05) is 0 Å². The number of nitrogens with zero attached hydrogens (tertiary/aromatic N) is 3. The molecule has 0 saturated carbocycles. The van der Waals surface area contributed by atoms with Gasteiger partial charge in [-0.15, -0.1) is 0 Å². The molecule has 2 aromatic heterocycles. The number of carboxylic acids is 1. The first-order valence-corrected chi connectivity index (χ1v) is 5.16. The predicted octanol–water partition coefficient (Wildman–Crippen LogP) is 1.34. The lowest BCUT2D eigenvalue weighted by Crippen LogP contribution is -2.23. The number of hydrogen-bond donors (Lipinski definition) is 1. The van der Waals surface area contributed by atoms with Gasteiger partial charge in [-0.2, -0.15) is 23.0 Å². The van der Waals surface area contributed by atoms with Crippen molar-refractivity contribution in [3.05, 3.63) is 52.1 Å². The largest absolute Gasteiger partial charge is 0.476 e. The highest BCUT2D eigenvalue weighted by Gasteiger charge is 2.30. The molecule has 2 heterocycles.